The fourth-order valence-electron chi connectivity index (χ4n) is 4.17. The molecule has 1 aromatic carbocycles. The zero-order chi connectivity index (χ0) is 20.4. The molecular formula is C21H24FN5O2. The van der Waals surface area contributed by atoms with Gasteiger partial charge in [-0.25, -0.2) is 4.39 Å². The highest BCUT2D eigenvalue weighted by Gasteiger charge is 2.36. The van der Waals surface area contributed by atoms with Crippen LogP contribution in [0.1, 0.15) is 12.8 Å². The lowest BCUT2D eigenvalue weighted by atomic mass is 10.1. The molecule has 8 heteroatoms. The summed E-state index contributed by atoms with van der Waals surface area (Å²) in [5, 5.41) is 13.7. The monoisotopic (exact) mass is 397 g/mol. The second-order valence-electron chi connectivity index (χ2n) is 7.63. The Kier molecular flexibility index (Phi) is 5.49. The number of fused-ring (bicyclic) bond motifs is 1. The molecule has 3 heterocycles. The van der Waals surface area contributed by atoms with Crippen LogP contribution in [0.15, 0.2) is 30.5 Å². The number of carbonyl (C=O) groups is 1. The van der Waals surface area contributed by atoms with Gasteiger partial charge in [-0.15, -0.1) is 0 Å². The maximum absolute atomic E-state index is 13.6. The number of nitrogens with one attached hydrogen (secondary N) is 1. The van der Waals surface area contributed by atoms with Gasteiger partial charge >= 0.3 is 0 Å². The molecular weight excluding hydrogens is 373 g/mol. The SMILES string of the molecule is COc1cc(N[C@@H]2CCN(CC(=O)N3C[C@@H](F)CC3C#N)C2)c2cccnc2c1. The van der Waals surface area contributed by atoms with Crippen LogP contribution in [0.25, 0.3) is 10.9 Å². The van der Waals surface area contributed by atoms with E-state index in [1.165, 1.54) is 4.90 Å². The summed E-state index contributed by atoms with van der Waals surface area (Å²) in [7, 11) is 1.63. The Morgan fingerprint density at radius 1 is 1.45 bits per heavy atom. The number of rotatable bonds is 5. The van der Waals surface area contributed by atoms with Gasteiger partial charge in [-0.2, -0.15) is 5.26 Å². The number of benzene rings is 1. The van der Waals surface area contributed by atoms with Crippen molar-refractivity contribution < 1.29 is 13.9 Å². The topological polar surface area (TPSA) is 81.5 Å². The lowest BCUT2D eigenvalue weighted by molar-refractivity contribution is -0.132. The molecule has 2 aromatic rings. The average Bonchev–Trinajstić information content (AvgIpc) is 3.33. The molecule has 1 amide bonds. The summed E-state index contributed by atoms with van der Waals surface area (Å²) in [6, 6.07) is 9.35. The van der Waals surface area contributed by atoms with Crippen LogP contribution in [0.2, 0.25) is 0 Å². The van der Waals surface area contributed by atoms with Crippen molar-refractivity contribution in [3.8, 4) is 11.8 Å². The minimum atomic E-state index is -1.11. The number of aromatic nitrogens is 1. The first-order valence-electron chi connectivity index (χ1n) is 9.82. The third-order valence-corrected chi connectivity index (χ3v) is 5.64. The summed E-state index contributed by atoms with van der Waals surface area (Å²) < 4.78 is 19.0. The summed E-state index contributed by atoms with van der Waals surface area (Å²) in [5.74, 6) is 0.564. The van der Waals surface area contributed by atoms with Crippen LogP contribution < -0.4 is 10.1 Å². The van der Waals surface area contributed by atoms with Gasteiger partial charge in [0.1, 0.15) is 18.0 Å². The van der Waals surface area contributed by atoms with E-state index in [1.54, 1.807) is 13.3 Å². The molecule has 1 unspecified atom stereocenters. The van der Waals surface area contributed by atoms with Crippen molar-refractivity contribution in [2.24, 2.45) is 0 Å². The first kappa shape index (κ1) is 19.4. The minimum Gasteiger partial charge on any atom is -0.497 e. The average molecular weight is 397 g/mol. The number of hydrogen-bond donors (Lipinski definition) is 1. The van der Waals surface area contributed by atoms with E-state index in [0.29, 0.717) is 6.54 Å². The smallest absolute Gasteiger partial charge is 0.237 e. The van der Waals surface area contributed by atoms with Gasteiger partial charge in [-0.1, -0.05) is 0 Å². The number of carbonyl (C=O) groups excluding carboxylic acids is 1. The lowest BCUT2D eigenvalue weighted by Crippen LogP contribution is -2.42. The number of nitriles is 1. The van der Waals surface area contributed by atoms with Crippen LogP contribution in [0.5, 0.6) is 5.75 Å². The number of ether oxygens (including phenoxy) is 1. The highest BCUT2D eigenvalue weighted by atomic mass is 19.1. The summed E-state index contributed by atoms with van der Waals surface area (Å²) in [4.78, 5) is 20.4. The molecule has 0 radical (unpaired) electrons. The largest absolute Gasteiger partial charge is 0.497 e. The van der Waals surface area contributed by atoms with E-state index in [0.717, 1.165) is 35.3 Å². The number of pyridine rings is 1. The number of methoxy groups -OCH3 is 1. The van der Waals surface area contributed by atoms with E-state index in [-0.39, 0.29) is 31.5 Å². The normalized spacial score (nSPS) is 24.6. The van der Waals surface area contributed by atoms with Gasteiger partial charge in [-0.05, 0) is 18.6 Å². The van der Waals surface area contributed by atoms with E-state index in [9.17, 15) is 9.18 Å². The molecule has 0 bridgehead atoms. The number of likely N-dealkylation sites (tertiary alicyclic amines) is 2. The number of nitrogens with zero attached hydrogens (tertiary/aromatic N) is 4. The van der Waals surface area contributed by atoms with Crippen LogP contribution in [0, 0.1) is 11.3 Å². The van der Waals surface area contributed by atoms with Gasteiger partial charge in [0, 0.05) is 55.0 Å². The molecule has 0 spiro atoms. The molecule has 1 N–H and O–H groups in total. The van der Waals surface area contributed by atoms with Gasteiger partial charge in [0.15, 0.2) is 0 Å². The van der Waals surface area contributed by atoms with Crippen molar-refractivity contribution in [3.63, 3.8) is 0 Å². The van der Waals surface area contributed by atoms with E-state index >= 15 is 0 Å². The van der Waals surface area contributed by atoms with E-state index in [4.69, 9.17) is 10.00 Å². The van der Waals surface area contributed by atoms with Gasteiger partial charge in [-0.3, -0.25) is 14.7 Å². The van der Waals surface area contributed by atoms with E-state index in [1.807, 2.05) is 30.3 Å². The summed E-state index contributed by atoms with van der Waals surface area (Å²) in [6.07, 6.45) is 1.65. The van der Waals surface area contributed by atoms with Crippen LogP contribution in [0.3, 0.4) is 0 Å². The van der Waals surface area contributed by atoms with Crippen LogP contribution in [-0.2, 0) is 4.79 Å². The predicted octanol–water partition coefficient (Wildman–Crippen LogP) is 2.19. The number of halogens is 1. The van der Waals surface area contributed by atoms with Crippen molar-refractivity contribution >= 4 is 22.5 Å². The zero-order valence-corrected chi connectivity index (χ0v) is 16.3. The Morgan fingerprint density at radius 2 is 2.31 bits per heavy atom. The van der Waals surface area contributed by atoms with Gasteiger partial charge in [0.05, 0.1) is 31.8 Å². The number of anilines is 1. The van der Waals surface area contributed by atoms with Crippen LogP contribution in [-0.4, -0.2) is 72.2 Å². The second-order valence-corrected chi connectivity index (χ2v) is 7.63. The first-order chi connectivity index (χ1) is 14.1. The number of amides is 1. The molecule has 29 heavy (non-hydrogen) atoms. The molecule has 2 aliphatic rings. The standard InChI is InChI=1S/C21H24FN5O2/c1-29-17-8-19-18(3-2-5-24-19)20(9-17)25-15-4-6-26(12-15)13-21(28)27-11-14(22)7-16(27)10-23/h2-3,5,8-9,14-16,25H,4,6-7,11-13H2,1H3/t14-,15+,16?/m0/s1. The Balaban J connectivity index is 1.40. The summed E-state index contributed by atoms with van der Waals surface area (Å²) in [6.45, 7) is 1.71. The minimum absolute atomic E-state index is 0.0232. The van der Waals surface area contributed by atoms with Gasteiger partial charge < -0.3 is 15.0 Å². The lowest BCUT2D eigenvalue weighted by Gasteiger charge is -2.23. The quantitative estimate of drug-likeness (QED) is 0.833. The zero-order valence-electron chi connectivity index (χ0n) is 16.3. The highest BCUT2D eigenvalue weighted by Crippen LogP contribution is 2.29. The maximum atomic E-state index is 13.6. The van der Waals surface area contributed by atoms with Crippen LogP contribution in [0.4, 0.5) is 10.1 Å². The Hall–Kier alpha value is -2.92. The molecule has 0 saturated carbocycles. The number of hydrogen-bond acceptors (Lipinski definition) is 6. The highest BCUT2D eigenvalue weighted by molar-refractivity contribution is 5.92. The molecule has 2 aliphatic heterocycles. The fourth-order valence-corrected chi connectivity index (χ4v) is 4.17. The van der Waals surface area contributed by atoms with Gasteiger partial charge in [0.2, 0.25) is 5.91 Å². The third kappa shape index (κ3) is 4.10. The van der Waals surface area contributed by atoms with Gasteiger partial charge in [0.25, 0.3) is 0 Å². The number of alkyl halides is 1. The molecule has 1 aromatic heterocycles. The molecule has 3 atom stereocenters. The third-order valence-electron chi connectivity index (χ3n) is 5.64. The molecule has 2 saturated heterocycles. The Labute approximate surface area is 169 Å². The Morgan fingerprint density at radius 3 is 3.10 bits per heavy atom. The van der Waals surface area contributed by atoms with Crippen molar-refractivity contribution in [1.29, 1.82) is 5.26 Å². The summed E-state index contributed by atoms with van der Waals surface area (Å²) in [5.41, 5.74) is 1.81. The molecule has 152 valence electrons. The van der Waals surface area contributed by atoms with Crippen molar-refractivity contribution in [2.75, 3.05) is 38.6 Å². The molecule has 4 rings (SSSR count). The second kappa shape index (κ2) is 8.21. The predicted molar refractivity (Wildman–Crippen MR) is 107 cm³/mol. The molecule has 0 aliphatic carbocycles. The molecule has 2 fully saturated rings. The van der Waals surface area contributed by atoms with Crippen molar-refractivity contribution in [2.45, 2.75) is 31.1 Å². The van der Waals surface area contributed by atoms with Crippen LogP contribution >= 0.6 is 0 Å². The summed E-state index contributed by atoms with van der Waals surface area (Å²) >= 11 is 0. The molecule has 7 nitrogen and oxygen atoms in total. The van der Waals surface area contributed by atoms with Crippen molar-refractivity contribution in [3.05, 3.63) is 30.5 Å². The Bertz CT molecular complexity index is 946. The van der Waals surface area contributed by atoms with Crippen molar-refractivity contribution in [1.82, 2.24) is 14.8 Å². The van der Waals surface area contributed by atoms with E-state index < -0.39 is 12.2 Å². The first-order valence-corrected chi connectivity index (χ1v) is 9.82. The van der Waals surface area contributed by atoms with E-state index in [2.05, 4.69) is 15.2 Å². The fraction of sp³-hybridized carbons (Fsp3) is 0.476. The maximum Gasteiger partial charge on any atom is 0.237 e.